The number of nitrogens with one attached hydrogen (secondary N) is 1. The van der Waals surface area contributed by atoms with Gasteiger partial charge in [-0.1, -0.05) is 8.27 Å². The van der Waals surface area contributed by atoms with E-state index in [1.807, 2.05) is 0 Å². The Kier molecular flexibility index (Phi) is 3.21. The lowest BCUT2D eigenvalue weighted by Gasteiger charge is -1.92. The van der Waals surface area contributed by atoms with Crippen molar-refractivity contribution in [3.05, 3.63) is 0 Å². The molecular weight excluding hydrogens is 124 g/mol. The third kappa shape index (κ3) is 2.59. The molecule has 0 aromatic heterocycles. The van der Waals surface area contributed by atoms with Gasteiger partial charge in [-0.2, -0.15) is 0 Å². The highest BCUT2D eigenvalue weighted by molar-refractivity contribution is 8.10. The van der Waals surface area contributed by atoms with Crippen molar-refractivity contribution in [2.45, 2.75) is 12.8 Å². The van der Waals surface area contributed by atoms with Crippen molar-refractivity contribution in [3.8, 4) is 0 Å². The second-order valence-electron chi connectivity index (χ2n) is 1.69. The predicted molar refractivity (Wildman–Crippen MR) is 38.7 cm³/mol. The summed E-state index contributed by atoms with van der Waals surface area (Å²) in [4.78, 5) is 0. The van der Waals surface area contributed by atoms with Crippen molar-refractivity contribution in [1.29, 1.82) is 0 Å². The summed E-state index contributed by atoms with van der Waals surface area (Å²) < 4.78 is 0. The molecule has 0 amide bonds. The molecule has 0 aromatic carbocycles. The van der Waals surface area contributed by atoms with E-state index in [0.29, 0.717) is 0 Å². The molecule has 0 spiro atoms. The fraction of sp³-hybridized carbons (Fsp3) is 1.00. The second-order valence-corrected chi connectivity index (χ2v) is 4.95. The van der Waals surface area contributed by atoms with E-state index in [4.69, 9.17) is 0 Å². The number of hydrogen-bond donors (Lipinski definition) is 1. The Bertz CT molecular complexity index is 29.3. The minimum atomic E-state index is 1.07. The van der Waals surface area contributed by atoms with Crippen molar-refractivity contribution >= 4 is 16.7 Å². The molecular formula is C4H11NP2. The van der Waals surface area contributed by atoms with Crippen LogP contribution >= 0.6 is 16.7 Å². The van der Waals surface area contributed by atoms with Gasteiger partial charge in [0.25, 0.3) is 0 Å². The normalized spacial score (nSPS) is 30.9. The largest absolute Gasteiger partial charge is 0.295 e. The Labute approximate surface area is 48.2 Å². The van der Waals surface area contributed by atoms with Crippen LogP contribution in [0.4, 0.5) is 0 Å². The van der Waals surface area contributed by atoms with Gasteiger partial charge in [0.05, 0.1) is 0 Å². The Morgan fingerprint density at radius 3 is 3.29 bits per heavy atom. The Hall–Kier alpha value is 0.820. The van der Waals surface area contributed by atoms with Crippen LogP contribution < -0.4 is 5.09 Å². The molecule has 42 valence electrons. The van der Waals surface area contributed by atoms with Gasteiger partial charge in [0.2, 0.25) is 0 Å². The van der Waals surface area contributed by atoms with Crippen LogP contribution in [0.2, 0.25) is 0 Å². The SMILES string of the molecule is C1CCPPNC1. The van der Waals surface area contributed by atoms with Crippen molar-refractivity contribution < 1.29 is 0 Å². The summed E-state index contributed by atoms with van der Waals surface area (Å²) in [5.74, 6) is 0. The molecule has 1 aliphatic rings. The van der Waals surface area contributed by atoms with Gasteiger partial charge in [-0.3, -0.25) is 5.09 Å². The standard InChI is InChI=1S/C4H11NP2/c1-2-4-6-7-5-3-1/h5-7H,1-4H2. The van der Waals surface area contributed by atoms with E-state index in [2.05, 4.69) is 5.09 Å². The van der Waals surface area contributed by atoms with E-state index < -0.39 is 0 Å². The van der Waals surface area contributed by atoms with Crippen LogP contribution in [0.3, 0.4) is 0 Å². The summed E-state index contributed by atoms with van der Waals surface area (Å²) in [6.45, 7) is 1.27. The van der Waals surface area contributed by atoms with E-state index in [0.717, 1.165) is 8.42 Å². The maximum Gasteiger partial charge on any atom is -0.000919 e. The van der Waals surface area contributed by atoms with E-state index >= 15 is 0 Å². The molecule has 3 heteroatoms. The van der Waals surface area contributed by atoms with Crippen LogP contribution in [0.15, 0.2) is 0 Å². The summed E-state index contributed by atoms with van der Waals surface area (Å²) in [5, 5.41) is 3.39. The van der Waals surface area contributed by atoms with Gasteiger partial charge in [-0.05, 0) is 34.0 Å². The van der Waals surface area contributed by atoms with E-state index in [-0.39, 0.29) is 0 Å². The number of hydrogen-bond acceptors (Lipinski definition) is 1. The molecule has 1 fully saturated rings. The monoisotopic (exact) mass is 135 g/mol. The maximum absolute atomic E-state index is 3.39. The second kappa shape index (κ2) is 3.78. The van der Waals surface area contributed by atoms with Crippen LogP contribution in [-0.2, 0) is 0 Å². The molecule has 1 aliphatic heterocycles. The zero-order valence-corrected chi connectivity index (χ0v) is 6.33. The molecule has 1 heterocycles. The molecule has 0 aromatic rings. The predicted octanol–water partition coefficient (Wildman–Crippen LogP) is 1.56. The molecule has 0 aliphatic carbocycles. The van der Waals surface area contributed by atoms with Crippen LogP contribution in [0.5, 0.6) is 0 Å². The Morgan fingerprint density at radius 1 is 1.29 bits per heavy atom. The van der Waals surface area contributed by atoms with Gasteiger partial charge in [0.15, 0.2) is 0 Å². The summed E-state index contributed by atoms with van der Waals surface area (Å²) in [6.07, 6.45) is 4.34. The highest BCUT2D eigenvalue weighted by Gasteiger charge is 1.93. The van der Waals surface area contributed by atoms with Crippen molar-refractivity contribution in [1.82, 2.24) is 5.09 Å². The molecule has 1 saturated heterocycles. The zero-order chi connectivity index (χ0) is 4.95. The molecule has 1 nitrogen and oxygen atoms in total. The molecule has 0 bridgehead atoms. The molecule has 2 atom stereocenters. The summed E-state index contributed by atoms with van der Waals surface area (Å²) >= 11 is 0. The molecule has 7 heavy (non-hydrogen) atoms. The minimum Gasteiger partial charge on any atom is -0.295 e. The van der Waals surface area contributed by atoms with Crippen molar-refractivity contribution in [2.75, 3.05) is 12.7 Å². The van der Waals surface area contributed by atoms with Gasteiger partial charge in [-0.15, -0.1) is 0 Å². The zero-order valence-electron chi connectivity index (χ0n) is 4.33. The highest BCUT2D eigenvalue weighted by atomic mass is 32.0. The van der Waals surface area contributed by atoms with Crippen LogP contribution in [-0.4, -0.2) is 12.7 Å². The molecule has 2 unspecified atom stereocenters. The van der Waals surface area contributed by atoms with Gasteiger partial charge in [0, 0.05) is 0 Å². The van der Waals surface area contributed by atoms with E-state index in [9.17, 15) is 0 Å². The first-order valence-corrected chi connectivity index (χ1v) is 5.91. The van der Waals surface area contributed by atoms with Crippen LogP contribution in [0, 0.1) is 0 Å². The summed E-state index contributed by atoms with van der Waals surface area (Å²) in [6, 6.07) is 0. The number of rotatable bonds is 0. The average Bonchev–Trinajstić information content (AvgIpc) is 1.90. The van der Waals surface area contributed by atoms with Gasteiger partial charge in [0.1, 0.15) is 0 Å². The molecule has 1 N–H and O–H groups in total. The van der Waals surface area contributed by atoms with Gasteiger partial charge in [-0.25, -0.2) is 0 Å². The van der Waals surface area contributed by atoms with Gasteiger partial charge >= 0.3 is 0 Å². The molecule has 0 radical (unpaired) electrons. The lowest BCUT2D eigenvalue weighted by atomic mass is 10.3. The van der Waals surface area contributed by atoms with E-state index in [1.165, 1.54) is 33.8 Å². The Morgan fingerprint density at radius 2 is 2.29 bits per heavy atom. The molecule has 1 rings (SSSR count). The van der Waals surface area contributed by atoms with Gasteiger partial charge < -0.3 is 0 Å². The van der Waals surface area contributed by atoms with Crippen LogP contribution in [0.1, 0.15) is 12.8 Å². The van der Waals surface area contributed by atoms with Crippen molar-refractivity contribution in [3.63, 3.8) is 0 Å². The third-order valence-electron chi connectivity index (χ3n) is 1.03. The minimum absolute atomic E-state index is 1.07. The fourth-order valence-electron chi connectivity index (χ4n) is 0.614. The fourth-order valence-corrected chi connectivity index (χ4v) is 3.25. The lowest BCUT2D eigenvalue weighted by molar-refractivity contribution is 0.787. The first kappa shape index (κ1) is 5.95. The Balaban J connectivity index is 2.04. The first-order valence-electron chi connectivity index (χ1n) is 2.71. The first-order chi connectivity index (χ1) is 3.50. The highest BCUT2D eigenvalue weighted by Crippen LogP contribution is 2.35. The summed E-state index contributed by atoms with van der Waals surface area (Å²) in [7, 11) is 2.28. The average molecular weight is 135 g/mol. The topological polar surface area (TPSA) is 12.0 Å². The maximum atomic E-state index is 3.39. The smallest absolute Gasteiger partial charge is 0.000919 e. The third-order valence-corrected chi connectivity index (χ3v) is 4.05. The van der Waals surface area contributed by atoms with Crippen molar-refractivity contribution in [2.24, 2.45) is 0 Å². The lowest BCUT2D eigenvalue weighted by Crippen LogP contribution is -1.98. The molecule has 0 saturated carbocycles. The van der Waals surface area contributed by atoms with Crippen LogP contribution in [0.25, 0.3) is 0 Å². The quantitative estimate of drug-likeness (QED) is 0.497. The van der Waals surface area contributed by atoms with E-state index in [1.54, 1.807) is 0 Å². The summed E-state index contributed by atoms with van der Waals surface area (Å²) in [5.41, 5.74) is 0.